The van der Waals surface area contributed by atoms with Crippen molar-refractivity contribution in [3.63, 3.8) is 0 Å². The second kappa shape index (κ2) is 8.65. The molecule has 5 rings (SSSR count). The fourth-order valence-corrected chi connectivity index (χ4v) is 5.06. The summed E-state index contributed by atoms with van der Waals surface area (Å²) in [6, 6.07) is 24.8. The SMILES string of the molecule is COc1ccc(C2C3C(NNC3c3ccccc3O)C(=O)N2CCc2ccccc2)cc1. The number of phenolic OH excluding ortho intramolecular Hbond substituents is 1. The molecule has 164 valence electrons. The fourth-order valence-electron chi connectivity index (χ4n) is 5.06. The molecule has 0 saturated carbocycles. The van der Waals surface area contributed by atoms with Gasteiger partial charge >= 0.3 is 0 Å². The molecule has 6 nitrogen and oxygen atoms in total. The van der Waals surface area contributed by atoms with Crippen LogP contribution in [0.5, 0.6) is 11.5 Å². The molecule has 2 heterocycles. The number of likely N-dealkylation sites (tertiary alicyclic amines) is 1. The second-order valence-electron chi connectivity index (χ2n) is 8.37. The number of hydrazine groups is 1. The highest BCUT2D eigenvalue weighted by Crippen LogP contribution is 2.48. The van der Waals surface area contributed by atoms with E-state index in [2.05, 4.69) is 23.0 Å². The molecular weight excluding hydrogens is 402 g/mol. The van der Waals surface area contributed by atoms with Crippen LogP contribution in [-0.2, 0) is 11.2 Å². The van der Waals surface area contributed by atoms with E-state index in [9.17, 15) is 9.90 Å². The lowest BCUT2D eigenvalue weighted by Crippen LogP contribution is -2.42. The average Bonchev–Trinajstić information content (AvgIpc) is 3.37. The number of nitrogens with zero attached hydrogens (tertiary/aromatic N) is 1. The van der Waals surface area contributed by atoms with Crippen LogP contribution in [0.15, 0.2) is 78.9 Å². The first kappa shape index (κ1) is 20.5. The van der Waals surface area contributed by atoms with Crippen LogP contribution in [0.25, 0.3) is 0 Å². The maximum absolute atomic E-state index is 13.5. The van der Waals surface area contributed by atoms with Crippen molar-refractivity contribution >= 4 is 5.91 Å². The molecule has 3 aromatic carbocycles. The van der Waals surface area contributed by atoms with Gasteiger partial charge in [-0.3, -0.25) is 4.79 Å². The van der Waals surface area contributed by atoms with E-state index in [0.29, 0.717) is 6.54 Å². The summed E-state index contributed by atoms with van der Waals surface area (Å²) in [5, 5.41) is 10.5. The molecule has 2 aliphatic rings. The summed E-state index contributed by atoms with van der Waals surface area (Å²) in [5.41, 5.74) is 9.56. The number of aromatic hydroxyl groups is 1. The van der Waals surface area contributed by atoms with Crippen LogP contribution in [0, 0.1) is 5.92 Å². The van der Waals surface area contributed by atoms with Crippen LogP contribution in [0.1, 0.15) is 28.8 Å². The highest BCUT2D eigenvalue weighted by molar-refractivity contribution is 5.86. The molecule has 32 heavy (non-hydrogen) atoms. The van der Waals surface area contributed by atoms with E-state index < -0.39 is 0 Å². The van der Waals surface area contributed by atoms with Crippen molar-refractivity contribution in [2.24, 2.45) is 5.92 Å². The minimum absolute atomic E-state index is 0.0695. The van der Waals surface area contributed by atoms with Crippen LogP contribution < -0.4 is 15.6 Å². The summed E-state index contributed by atoms with van der Waals surface area (Å²) in [6.45, 7) is 0.627. The lowest BCUT2D eigenvalue weighted by molar-refractivity contribution is -0.130. The third-order valence-electron chi connectivity index (χ3n) is 6.63. The molecule has 2 fully saturated rings. The number of carbonyl (C=O) groups excluding carboxylic acids is 1. The highest BCUT2D eigenvalue weighted by atomic mass is 16.5. The predicted octanol–water partition coefficient (Wildman–Crippen LogP) is 3.36. The van der Waals surface area contributed by atoms with Gasteiger partial charge < -0.3 is 14.7 Å². The van der Waals surface area contributed by atoms with Crippen LogP contribution in [0.4, 0.5) is 0 Å². The van der Waals surface area contributed by atoms with Crippen molar-refractivity contribution in [3.05, 3.63) is 95.6 Å². The zero-order chi connectivity index (χ0) is 22.1. The van der Waals surface area contributed by atoms with Crippen molar-refractivity contribution in [1.82, 2.24) is 15.8 Å². The third-order valence-corrected chi connectivity index (χ3v) is 6.63. The normalized spacial score (nSPS) is 24.5. The molecule has 0 aromatic heterocycles. The largest absolute Gasteiger partial charge is 0.508 e. The van der Waals surface area contributed by atoms with Crippen molar-refractivity contribution in [2.45, 2.75) is 24.5 Å². The van der Waals surface area contributed by atoms with E-state index in [4.69, 9.17) is 4.74 Å². The number of hydrogen-bond acceptors (Lipinski definition) is 5. The topological polar surface area (TPSA) is 73.8 Å². The maximum atomic E-state index is 13.5. The number of para-hydroxylation sites is 1. The van der Waals surface area contributed by atoms with Crippen molar-refractivity contribution in [2.75, 3.05) is 13.7 Å². The van der Waals surface area contributed by atoms with E-state index in [1.165, 1.54) is 5.56 Å². The average molecular weight is 430 g/mol. The van der Waals surface area contributed by atoms with Crippen molar-refractivity contribution in [1.29, 1.82) is 0 Å². The molecule has 2 aliphatic heterocycles. The number of phenols is 1. The molecule has 3 aromatic rings. The Kier molecular flexibility index (Phi) is 5.55. The third kappa shape index (κ3) is 3.61. The Morgan fingerprint density at radius 1 is 0.906 bits per heavy atom. The van der Waals surface area contributed by atoms with Gasteiger partial charge in [-0.1, -0.05) is 60.7 Å². The van der Waals surface area contributed by atoms with Gasteiger partial charge in [-0.2, -0.15) is 0 Å². The molecule has 0 bridgehead atoms. The molecule has 0 spiro atoms. The van der Waals surface area contributed by atoms with Gasteiger partial charge in [-0.25, -0.2) is 10.9 Å². The summed E-state index contributed by atoms with van der Waals surface area (Å²) >= 11 is 0. The Balaban J connectivity index is 1.51. The fraction of sp³-hybridized carbons (Fsp3) is 0.269. The van der Waals surface area contributed by atoms with E-state index in [1.807, 2.05) is 65.6 Å². The Morgan fingerprint density at radius 2 is 1.59 bits per heavy atom. The number of hydrogen-bond donors (Lipinski definition) is 3. The molecule has 0 aliphatic carbocycles. The molecule has 0 radical (unpaired) electrons. The van der Waals surface area contributed by atoms with Gasteiger partial charge in [0.1, 0.15) is 17.5 Å². The van der Waals surface area contributed by atoms with E-state index in [0.717, 1.165) is 23.3 Å². The number of amides is 1. The van der Waals surface area contributed by atoms with Crippen LogP contribution >= 0.6 is 0 Å². The standard InChI is InChI=1S/C26H27N3O3/c1-32-19-13-11-18(12-14-19)25-22-23(20-9-5-6-10-21(20)30)27-28-24(22)26(31)29(25)16-15-17-7-3-2-4-8-17/h2-14,22-25,27-28,30H,15-16H2,1H3. The smallest absolute Gasteiger partial charge is 0.242 e. The first-order valence-corrected chi connectivity index (χ1v) is 10.9. The highest BCUT2D eigenvalue weighted by Gasteiger charge is 2.55. The Hall–Kier alpha value is -3.35. The molecular formula is C26H27N3O3. The van der Waals surface area contributed by atoms with Gasteiger partial charge in [0.2, 0.25) is 5.91 Å². The Labute approximate surface area is 187 Å². The Bertz CT molecular complexity index is 1090. The summed E-state index contributed by atoms with van der Waals surface area (Å²) < 4.78 is 5.34. The Morgan fingerprint density at radius 3 is 2.31 bits per heavy atom. The quantitative estimate of drug-likeness (QED) is 0.560. The molecule has 1 amide bonds. The molecule has 6 heteroatoms. The minimum Gasteiger partial charge on any atom is -0.508 e. The summed E-state index contributed by atoms with van der Waals surface area (Å²) in [6.07, 6.45) is 0.785. The second-order valence-corrected chi connectivity index (χ2v) is 8.37. The van der Waals surface area contributed by atoms with Crippen molar-refractivity contribution < 1.29 is 14.6 Å². The summed E-state index contributed by atoms with van der Waals surface area (Å²) in [4.78, 5) is 15.5. The summed E-state index contributed by atoms with van der Waals surface area (Å²) in [7, 11) is 1.65. The number of benzene rings is 3. The molecule has 2 saturated heterocycles. The number of fused-ring (bicyclic) bond motifs is 1. The number of methoxy groups -OCH3 is 1. The van der Waals surface area contributed by atoms with Gasteiger partial charge in [-0.05, 0) is 35.7 Å². The first-order chi connectivity index (χ1) is 15.7. The monoisotopic (exact) mass is 429 g/mol. The molecule has 4 unspecified atom stereocenters. The number of nitrogens with one attached hydrogen (secondary N) is 2. The minimum atomic E-state index is -0.359. The van der Waals surface area contributed by atoms with Gasteiger partial charge in [0.05, 0.1) is 19.2 Å². The zero-order valence-corrected chi connectivity index (χ0v) is 17.9. The lowest BCUT2D eigenvalue weighted by atomic mass is 9.83. The van der Waals surface area contributed by atoms with Crippen molar-refractivity contribution in [3.8, 4) is 11.5 Å². The predicted molar refractivity (Wildman–Crippen MR) is 122 cm³/mol. The van der Waals surface area contributed by atoms with Gasteiger partial charge in [0.25, 0.3) is 0 Å². The first-order valence-electron chi connectivity index (χ1n) is 10.9. The molecule has 3 N–H and O–H groups in total. The molecule has 4 atom stereocenters. The van der Waals surface area contributed by atoms with Gasteiger partial charge in [-0.15, -0.1) is 0 Å². The number of carbonyl (C=O) groups is 1. The maximum Gasteiger partial charge on any atom is 0.242 e. The van der Waals surface area contributed by atoms with Crippen LogP contribution in [0.2, 0.25) is 0 Å². The van der Waals surface area contributed by atoms with Gasteiger partial charge in [0, 0.05) is 18.0 Å². The van der Waals surface area contributed by atoms with E-state index in [1.54, 1.807) is 13.2 Å². The van der Waals surface area contributed by atoms with E-state index >= 15 is 0 Å². The van der Waals surface area contributed by atoms with Gasteiger partial charge in [0.15, 0.2) is 0 Å². The number of ether oxygens (including phenoxy) is 1. The van der Waals surface area contributed by atoms with Crippen LogP contribution in [0.3, 0.4) is 0 Å². The number of rotatable bonds is 6. The summed E-state index contributed by atoms with van der Waals surface area (Å²) in [5.74, 6) is 1.03. The van der Waals surface area contributed by atoms with Crippen LogP contribution in [-0.4, -0.2) is 35.6 Å². The zero-order valence-electron chi connectivity index (χ0n) is 17.9. The lowest BCUT2D eigenvalue weighted by Gasteiger charge is -2.31. The van der Waals surface area contributed by atoms with E-state index in [-0.39, 0.29) is 35.7 Å².